The van der Waals surface area contributed by atoms with Crippen LogP contribution in [0.15, 0.2) is 24.3 Å². The van der Waals surface area contributed by atoms with Crippen LogP contribution in [0.1, 0.15) is 12.5 Å². The normalized spacial score (nSPS) is 9.69. The third kappa shape index (κ3) is 2.85. The van der Waals surface area contributed by atoms with E-state index in [0.29, 0.717) is 6.54 Å². The SMILES string of the molecule is CC(=O)Nc1ccccc1CNO. The van der Waals surface area contributed by atoms with E-state index in [2.05, 4.69) is 5.32 Å². The number of para-hydroxylation sites is 1. The Morgan fingerprint density at radius 3 is 2.77 bits per heavy atom. The van der Waals surface area contributed by atoms with Crippen molar-refractivity contribution < 1.29 is 10.0 Å². The zero-order valence-corrected chi connectivity index (χ0v) is 7.37. The van der Waals surface area contributed by atoms with Crippen molar-refractivity contribution in [3.05, 3.63) is 29.8 Å². The van der Waals surface area contributed by atoms with Crippen LogP contribution in [0.25, 0.3) is 0 Å². The fourth-order valence-electron chi connectivity index (χ4n) is 1.07. The van der Waals surface area contributed by atoms with Crippen LogP contribution in [0.5, 0.6) is 0 Å². The largest absolute Gasteiger partial charge is 0.326 e. The molecule has 4 nitrogen and oxygen atoms in total. The van der Waals surface area contributed by atoms with Crippen LogP contribution in [-0.4, -0.2) is 11.1 Å². The summed E-state index contributed by atoms with van der Waals surface area (Å²) in [6.45, 7) is 1.76. The second kappa shape index (κ2) is 4.59. The molecule has 1 aromatic carbocycles. The van der Waals surface area contributed by atoms with Crippen LogP contribution < -0.4 is 10.8 Å². The first-order valence-corrected chi connectivity index (χ1v) is 3.96. The Balaban J connectivity index is 2.84. The van der Waals surface area contributed by atoms with Gasteiger partial charge in [0, 0.05) is 19.2 Å². The number of rotatable bonds is 3. The zero-order valence-electron chi connectivity index (χ0n) is 7.37. The van der Waals surface area contributed by atoms with E-state index in [1.807, 2.05) is 23.7 Å². The minimum Gasteiger partial charge on any atom is -0.326 e. The molecule has 0 heterocycles. The molecule has 3 N–H and O–H groups in total. The zero-order chi connectivity index (χ0) is 9.68. The summed E-state index contributed by atoms with van der Waals surface area (Å²) in [6.07, 6.45) is 0. The lowest BCUT2D eigenvalue weighted by Gasteiger charge is -2.07. The predicted molar refractivity (Wildman–Crippen MR) is 49.4 cm³/mol. The molecule has 0 fully saturated rings. The number of nitrogens with one attached hydrogen (secondary N) is 2. The summed E-state index contributed by atoms with van der Waals surface area (Å²) in [6, 6.07) is 7.28. The molecule has 1 aromatic rings. The topological polar surface area (TPSA) is 61.4 Å². The van der Waals surface area contributed by atoms with Crippen molar-refractivity contribution in [2.75, 3.05) is 5.32 Å². The van der Waals surface area contributed by atoms with Gasteiger partial charge in [0.2, 0.25) is 5.91 Å². The lowest BCUT2D eigenvalue weighted by molar-refractivity contribution is -0.114. The molecule has 0 aromatic heterocycles. The molecule has 4 heteroatoms. The lowest BCUT2D eigenvalue weighted by Crippen LogP contribution is -2.12. The Kier molecular flexibility index (Phi) is 3.42. The van der Waals surface area contributed by atoms with Gasteiger partial charge >= 0.3 is 0 Å². The maximum Gasteiger partial charge on any atom is 0.221 e. The van der Waals surface area contributed by atoms with Crippen LogP contribution in [0.4, 0.5) is 5.69 Å². The highest BCUT2D eigenvalue weighted by molar-refractivity contribution is 5.89. The molecular formula is C9H12N2O2. The summed E-state index contributed by atoms with van der Waals surface area (Å²) in [5, 5.41) is 11.2. The van der Waals surface area contributed by atoms with Crippen LogP contribution in [0.3, 0.4) is 0 Å². The summed E-state index contributed by atoms with van der Waals surface area (Å²) in [4.78, 5) is 10.8. The van der Waals surface area contributed by atoms with Gasteiger partial charge in [-0.2, -0.15) is 0 Å². The molecule has 0 aliphatic carbocycles. The van der Waals surface area contributed by atoms with Gasteiger partial charge in [-0.3, -0.25) is 4.79 Å². The number of hydrogen-bond donors (Lipinski definition) is 3. The molecule has 0 saturated heterocycles. The van der Waals surface area contributed by atoms with Gasteiger partial charge in [0.05, 0.1) is 0 Å². The number of carbonyl (C=O) groups excluding carboxylic acids is 1. The number of anilines is 1. The first-order valence-electron chi connectivity index (χ1n) is 3.96. The monoisotopic (exact) mass is 180 g/mol. The van der Waals surface area contributed by atoms with E-state index in [1.165, 1.54) is 6.92 Å². The Bertz CT molecular complexity index is 299. The molecule has 1 rings (SSSR count). The van der Waals surface area contributed by atoms with Gasteiger partial charge < -0.3 is 10.5 Å². The molecule has 0 aliphatic heterocycles. The molecule has 0 unspecified atom stereocenters. The molecule has 0 saturated carbocycles. The molecule has 1 amide bonds. The average molecular weight is 180 g/mol. The first-order chi connectivity index (χ1) is 6.24. The Morgan fingerprint density at radius 2 is 2.15 bits per heavy atom. The molecule has 0 aliphatic rings. The van der Waals surface area contributed by atoms with Crippen molar-refractivity contribution in [2.45, 2.75) is 13.5 Å². The van der Waals surface area contributed by atoms with Crippen LogP contribution in [0, 0.1) is 0 Å². The summed E-state index contributed by atoms with van der Waals surface area (Å²) < 4.78 is 0. The van der Waals surface area contributed by atoms with Gasteiger partial charge in [-0.1, -0.05) is 18.2 Å². The predicted octanol–water partition coefficient (Wildman–Crippen LogP) is 1.12. The van der Waals surface area contributed by atoms with Gasteiger partial charge in [0.25, 0.3) is 0 Å². The Labute approximate surface area is 76.5 Å². The van der Waals surface area contributed by atoms with Crippen molar-refractivity contribution in [3.63, 3.8) is 0 Å². The van der Waals surface area contributed by atoms with Crippen LogP contribution >= 0.6 is 0 Å². The van der Waals surface area contributed by atoms with Crippen molar-refractivity contribution in [2.24, 2.45) is 0 Å². The molecule has 0 spiro atoms. The molecule has 0 radical (unpaired) electrons. The van der Waals surface area contributed by atoms with E-state index in [-0.39, 0.29) is 5.91 Å². The standard InChI is InChI=1S/C9H12N2O2/c1-7(12)11-9-5-3-2-4-8(9)6-10-13/h2-5,10,13H,6H2,1H3,(H,11,12). The minimum atomic E-state index is -0.120. The van der Waals surface area contributed by atoms with Crippen molar-refractivity contribution >= 4 is 11.6 Å². The van der Waals surface area contributed by atoms with Gasteiger partial charge in [-0.05, 0) is 11.6 Å². The van der Waals surface area contributed by atoms with Crippen LogP contribution in [-0.2, 0) is 11.3 Å². The van der Waals surface area contributed by atoms with E-state index < -0.39 is 0 Å². The molecule has 0 bridgehead atoms. The maximum absolute atomic E-state index is 10.8. The number of hydroxylamine groups is 1. The van der Waals surface area contributed by atoms with Crippen molar-refractivity contribution in [3.8, 4) is 0 Å². The summed E-state index contributed by atoms with van der Waals surface area (Å²) in [5.74, 6) is -0.120. The van der Waals surface area contributed by atoms with Gasteiger partial charge in [-0.25, -0.2) is 5.48 Å². The molecule has 13 heavy (non-hydrogen) atoms. The first kappa shape index (κ1) is 9.70. The van der Waals surface area contributed by atoms with Crippen LogP contribution in [0.2, 0.25) is 0 Å². The third-order valence-corrected chi connectivity index (χ3v) is 1.60. The Morgan fingerprint density at radius 1 is 1.46 bits per heavy atom. The van der Waals surface area contributed by atoms with Crippen molar-refractivity contribution in [1.82, 2.24) is 5.48 Å². The maximum atomic E-state index is 10.8. The van der Waals surface area contributed by atoms with E-state index in [0.717, 1.165) is 11.3 Å². The van der Waals surface area contributed by atoms with E-state index in [1.54, 1.807) is 6.07 Å². The fourth-order valence-corrected chi connectivity index (χ4v) is 1.07. The second-order valence-corrected chi connectivity index (χ2v) is 2.67. The van der Waals surface area contributed by atoms with Crippen molar-refractivity contribution in [1.29, 1.82) is 0 Å². The van der Waals surface area contributed by atoms with Gasteiger partial charge in [0.1, 0.15) is 0 Å². The quantitative estimate of drug-likeness (QED) is 0.611. The summed E-state index contributed by atoms with van der Waals surface area (Å²) in [7, 11) is 0. The minimum absolute atomic E-state index is 0.120. The number of benzene rings is 1. The number of hydrogen-bond acceptors (Lipinski definition) is 3. The van der Waals surface area contributed by atoms with E-state index >= 15 is 0 Å². The number of amides is 1. The van der Waals surface area contributed by atoms with E-state index in [9.17, 15) is 4.79 Å². The Hall–Kier alpha value is -1.39. The summed E-state index contributed by atoms with van der Waals surface area (Å²) in [5.41, 5.74) is 3.61. The lowest BCUT2D eigenvalue weighted by atomic mass is 10.2. The fraction of sp³-hybridized carbons (Fsp3) is 0.222. The second-order valence-electron chi connectivity index (χ2n) is 2.67. The smallest absolute Gasteiger partial charge is 0.221 e. The summed E-state index contributed by atoms with van der Waals surface area (Å²) >= 11 is 0. The highest BCUT2D eigenvalue weighted by Gasteiger charge is 2.01. The van der Waals surface area contributed by atoms with Gasteiger partial charge in [-0.15, -0.1) is 0 Å². The highest BCUT2D eigenvalue weighted by atomic mass is 16.5. The highest BCUT2D eigenvalue weighted by Crippen LogP contribution is 2.13. The van der Waals surface area contributed by atoms with E-state index in [4.69, 9.17) is 5.21 Å². The molecular weight excluding hydrogens is 168 g/mol. The van der Waals surface area contributed by atoms with Gasteiger partial charge in [0.15, 0.2) is 0 Å². The molecule has 0 atom stereocenters. The molecule has 70 valence electrons. The third-order valence-electron chi connectivity index (χ3n) is 1.60. The number of carbonyl (C=O) groups is 1. The average Bonchev–Trinajstić information content (AvgIpc) is 2.08.